The van der Waals surface area contributed by atoms with Gasteiger partial charge in [-0.3, -0.25) is 14.9 Å². The maximum atomic E-state index is 12.0. The van der Waals surface area contributed by atoms with E-state index in [1.807, 2.05) is 6.92 Å². The standard InChI is InChI=1S/C14H22N4O3/c1-4-5-11(9-15)16-12-8-10(14(19)17(2)3)6-7-13(12)18(20)21/h6-8,11,16H,4-5,9,15H2,1-3H3. The molecule has 1 aromatic carbocycles. The second-order valence-electron chi connectivity index (χ2n) is 5.05. The van der Waals surface area contributed by atoms with Crippen LogP contribution in [0.25, 0.3) is 0 Å². The van der Waals surface area contributed by atoms with Gasteiger partial charge in [0.15, 0.2) is 0 Å². The predicted molar refractivity (Wildman–Crippen MR) is 82.5 cm³/mol. The molecule has 116 valence electrons. The molecule has 0 radical (unpaired) electrons. The lowest BCUT2D eigenvalue weighted by Gasteiger charge is -2.18. The summed E-state index contributed by atoms with van der Waals surface area (Å²) in [5, 5.41) is 14.2. The molecule has 0 spiro atoms. The van der Waals surface area contributed by atoms with Gasteiger partial charge in [-0.15, -0.1) is 0 Å². The number of nitro groups is 1. The fraction of sp³-hybridized carbons (Fsp3) is 0.500. The number of amides is 1. The van der Waals surface area contributed by atoms with Crippen molar-refractivity contribution >= 4 is 17.3 Å². The third kappa shape index (κ3) is 4.42. The summed E-state index contributed by atoms with van der Waals surface area (Å²) in [5.41, 5.74) is 6.35. The zero-order chi connectivity index (χ0) is 16.0. The fourth-order valence-corrected chi connectivity index (χ4v) is 2.02. The SMILES string of the molecule is CCCC(CN)Nc1cc(C(=O)N(C)C)ccc1[N+](=O)[O-]. The van der Waals surface area contributed by atoms with Gasteiger partial charge >= 0.3 is 0 Å². The second kappa shape index (κ2) is 7.58. The number of benzene rings is 1. The number of nitro benzene ring substituents is 1. The molecule has 3 N–H and O–H groups in total. The molecule has 1 unspecified atom stereocenters. The first-order valence-electron chi connectivity index (χ1n) is 6.87. The molecular formula is C14H22N4O3. The van der Waals surface area contributed by atoms with Gasteiger partial charge in [-0.1, -0.05) is 13.3 Å². The molecule has 21 heavy (non-hydrogen) atoms. The molecule has 0 aliphatic carbocycles. The Labute approximate surface area is 124 Å². The molecule has 0 saturated carbocycles. The maximum Gasteiger partial charge on any atom is 0.292 e. The molecule has 0 bridgehead atoms. The van der Waals surface area contributed by atoms with Crippen molar-refractivity contribution in [3.05, 3.63) is 33.9 Å². The summed E-state index contributed by atoms with van der Waals surface area (Å²) < 4.78 is 0. The third-order valence-electron chi connectivity index (χ3n) is 3.13. The molecule has 0 aliphatic heterocycles. The van der Waals surface area contributed by atoms with Gasteiger partial charge in [0.25, 0.3) is 11.6 Å². The molecule has 0 fully saturated rings. The van der Waals surface area contributed by atoms with E-state index in [1.165, 1.54) is 23.1 Å². The highest BCUT2D eigenvalue weighted by Crippen LogP contribution is 2.27. The number of rotatable bonds is 7. The van der Waals surface area contributed by atoms with Crippen LogP contribution >= 0.6 is 0 Å². The Balaban J connectivity index is 3.15. The van der Waals surface area contributed by atoms with E-state index in [-0.39, 0.29) is 17.6 Å². The Morgan fingerprint density at radius 3 is 2.62 bits per heavy atom. The summed E-state index contributed by atoms with van der Waals surface area (Å²) in [7, 11) is 3.27. The van der Waals surface area contributed by atoms with Crippen LogP contribution in [0.4, 0.5) is 11.4 Å². The van der Waals surface area contributed by atoms with Crippen molar-refractivity contribution in [2.24, 2.45) is 5.73 Å². The van der Waals surface area contributed by atoms with Crippen molar-refractivity contribution in [3.8, 4) is 0 Å². The third-order valence-corrected chi connectivity index (χ3v) is 3.13. The van der Waals surface area contributed by atoms with Gasteiger partial charge in [-0.2, -0.15) is 0 Å². The van der Waals surface area contributed by atoms with Gasteiger partial charge in [0, 0.05) is 38.3 Å². The van der Waals surface area contributed by atoms with E-state index >= 15 is 0 Å². The van der Waals surface area contributed by atoms with Crippen LogP contribution in [0.5, 0.6) is 0 Å². The van der Waals surface area contributed by atoms with Crippen LogP contribution in [0.1, 0.15) is 30.1 Å². The Morgan fingerprint density at radius 2 is 2.14 bits per heavy atom. The Bertz CT molecular complexity index is 517. The summed E-state index contributed by atoms with van der Waals surface area (Å²) in [4.78, 5) is 24.0. The van der Waals surface area contributed by atoms with E-state index in [4.69, 9.17) is 5.73 Å². The summed E-state index contributed by atoms with van der Waals surface area (Å²) in [6, 6.07) is 4.26. The second-order valence-corrected chi connectivity index (χ2v) is 5.05. The van der Waals surface area contributed by atoms with Crippen LogP contribution in [0.2, 0.25) is 0 Å². The van der Waals surface area contributed by atoms with Crippen molar-refractivity contribution in [1.82, 2.24) is 4.90 Å². The molecule has 0 saturated heterocycles. The zero-order valence-electron chi connectivity index (χ0n) is 12.6. The number of anilines is 1. The van der Waals surface area contributed by atoms with Crippen LogP contribution in [0.3, 0.4) is 0 Å². The summed E-state index contributed by atoms with van der Waals surface area (Å²) >= 11 is 0. The minimum atomic E-state index is -0.466. The van der Waals surface area contributed by atoms with Crippen LogP contribution in [-0.2, 0) is 0 Å². The lowest BCUT2D eigenvalue weighted by molar-refractivity contribution is -0.384. The lowest BCUT2D eigenvalue weighted by Crippen LogP contribution is -2.29. The van der Waals surface area contributed by atoms with E-state index in [0.717, 1.165) is 12.8 Å². The highest BCUT2D eigenvalue weighted by Gasteiger charge is 2.19. The minimum Gasteiger partial charge on any atom is -0.375 e. The molecule has 7 nitrogen and oxygen atoms in total. The average Bonchev–Trinajstić information content (AvgIpc) is 2.45. The first-order chi connectivity index (χ1) is 9.90. The van der Waals surface area contributed by atoms with Gasteiger partial charge in [0.2, 0.25) is 0 Å². The Morgan fingerprint density at radius 1 is 1.48 bits per heavy atom. The van der Waals surface area contributed by atoms with Gasteiger partial charge in [-0.25, -0.2) is 0 Å². The first kappa shape index (κ1) is 16.9. The number of hydrogen-bond donors (Lipinski definition) is 2. The van der Waals surface area contributed by atoms with Crippen LogP contribution < -0.4 is 11.1 Å². The monoisotopic (exact) mass is 294 g/mol. The summed E-state index contributed by atoms with van der Waals surface area (Å²) in [6.45, 7) is 2.39. The molecule has 0 aliphatic rings. The first-order valence-corrected chi connectivity index (χ1v) is 6.87. The quantitative estimate of drug-likeness (QED) is 0.590. The molecule has 1 rings (SSSR count). The predicted octanol–water partition coefficient (Wildman–Crippen LogP) is 1.84. The molecule has 1 aromatic rings. The number of nitrogens with zero attached hydrogens (tertiary/aromatic N) is 2. The van der Waals surface area contributed by atoms with Gasteiger partial charge in [-0.05, 0) is 18.6 Å². The molecule has 7 heteroatoms. The largest absolute Gasteiger partial charge is 0.375 e. The fourth-order valence-electron chi connectivity index (χ4n) is 2.02. The van der Waals surface area contributed by atoms with E-state index in [0.29, 0.717) is 17.8 Å². The van der Waals surface area contributed by atoms with Crippen LogP contribution in [0, 0.1) is 10.1 Å². The topological polar surface area (TPSA) is 102 Å². The van der Waals surface area contributed by atoms with Crippen molar-refractivity contribution in [3.63, 3.8) is 0 Å². The smallest absolute Gasteiger partial charge is 0.292 e. The maximum absolute atomic E-state index is 12.0. The number of nitrogens with one attached hydrogen (secondary N) is 1. The normalized spacial score (nSPS) is 11.8. The summed E-state index contributed by atoms with van der Waals surface area (Å²) in [6.07, 6.45) is 1.72. The number of hydrogen-bond acceptors (Lipinski definition) is 5. The van der Waals surface area contributed by atoms with E-state index in [2.05, 4.69) is 5.32 Å². The zero-order valence-corrected chi connectivity index (χ0v) is 12.6. The van der Waals surface area contributed by atoms with E-state index in [9.17, 15) is 14.9 Å². The highest BCUT2D eigenvalue weighted by atomic mass is 16.6. The van der Waals surface area contributed by atoms with Crippen molar-refractivity contribution in [2.75, 3.05) is 26.0 Å². The molecule has 0 heterocycles. The van der Waals surface area contributed by atoms with Crippen molar-refractivity contribution < 1.29 is 9.72 Å². The van der Waals surface area contributed by atoms with Gasteiger partial charge in [0.1, 0.15) is 5.69 Å². The minimum absolute atomic E-state index is 0.0557. The van der Waals surface area contributed by atoms with Gasteiger partial charge in [0.05, 0.1) is 4.92 Å². The highest BCUT2D eigenvalue weighted by molar-refractivity contribution is 5.95. The number of carbonyl (C=O) groups excluding carboxylic acids is 1. The van der Waals surface area contributed by atoms with E-state index in [1.54, 1.807) is 14.1 Å². The molecule has 1 atom stereocenters. The Kier molecular flexibility index (Phi) is 6.10. The summed E-state index contributed by atoms with van der Waals surface area (Å²) in [5.74, 6) is -0.201. The molecular weight excluding hydrogens is 272 g/mol. The number of carbonyl (C=O) groups is 1. The molecule has 0 aromatic heterocycles. The van der Waals surface area contributed by atoms with Crippen LogP contribution in [-0.4, -0.2) is 42.4 Å². The number of nitrogens with two attached hydrogens (primary N) is 1. The van der Waals surface area contributed by atoms with Gasteiger partial charge < -0.3 is 16.0 Å². The molecule has 1 amide bonds. The van der Waals surface area contributed by atoms with Crippen LogP contribution in [0.15, 0.2) is 18.2 Å². The Hall–Kier alpha value is -2.15. The van der Waals surface area contributed by atoms with Crippen molar-refractivity contribution in [2.45, 2.75) is 25.8 Å². The van der Waals surface area contributed by atoms with Crippen molar-refractivity contribution in [1.29, 1.82) is 0 Å². The average molecular weight is 294 g/mol. The lowest BCUT2D eigenvalue weighted by atomic mass is 10.1. The van der Waals surface area contributed by atoms with E-state index < -0.39 is 4.92 Å².